The van der Waals surface area contributed by atoms with Crippen LogP contribution >= 0.6 is 8.53 Å². The summed E-state index contributed by atoms with van der Waals surface area (Å²) in [5.41, 5.74) is 0. The molecule has 0 aliphatic carbocycles. The first-order valence-corrected chi connectivity index (χ1v) is 8.80. The van der Waals surface area contributed by atoms with E-state index in [1.165, 1.54) is 0 Å². The van der Waals surface area contributed by atoms with E-state index in [4.69, 9.17) is 25.2 Å². The average molecular weight is 333 g/mol. The van der Waals surface area contributed by atoms with Crippen LogP contribution in [0.4, 0.5) is 0 Å². The van der Waals surface area contributed by atoms with Crippen LogP contribution < -0.4 is 0 Å². The Morgan fingerprint density at radius 3 is 2.59 bits per heavy atom. The molecule has 0 aromatic heterocycles. The van der Waals surface area contributed by atoms with Crippen molar-refractivity contribution in [3.8, 4) is 6.07 Å². The molecule has 1 heterocycles. The Morgan fingerprint density at radius 1 is 1.41 bits per heavy atom. The molecule has 1 aliphatic heterocycles. The van der Waals surface area contributed by atoms with Crippen LogP contribution in [-0.4, -0.2) is 49.0 Å². The minimum Gasteiger partial charge on any atom is -0.356 e. The summed E-state index contributed by atoms with van der Waals surface area (Å²) in [6.45, 7) is 8.84. The van der Waals surface area contributed by atoms with E-state index in [0.717, 1.165) is 0 Å². The Hall–Kier alpha value is -0.280. The number of rotatable bonds is 9. The molecule has 0 bridgehead atoms. The molecule has 4 atom stereocenters. The molecule has 2 unspecified atom stereocenters. The third-order valence-electron chi connectivity index (χ3n) is 3.32. The van der Waals surface area contributed by atoms with E-state index >= 15 is 0 Å². The number of nitriles is 1. The largest absolute Gasteiger partial charge is 0.356 e. The zero-order valence-electron chi connectivity index (χ0n) is 15.2. The summed E-state index contributed by atoms with van der Waals surface area (Å²) < 4.78 is 32.8. The fourth-order valence-corrected chi connectivity index (χ4v) is 4.11. The zero-order valence-corrected chi connectivity index (χ0v) is 15.1. The standard InChI is InChI=1S/C15H29N2O4P/c1-11(2)17(12(3)4)22(19-9-7-8-16)21-14-10-15(18-6)20-13(14)5/h11-15H,7,9-10H2,1-6H3/t13-,14+,15?,22?/m1/s1/i5D. The van der Waals surface area contributed by atoms with Gasteiger partial charge in [-0.2, -0.15) is 5.26 Å². The third kappa shape index (κ3) is 5.73. The summed E-state index contributed by atoms with van der Waals surface area (Å²) in [7, 11) is 0.273. The topological polar surface area (TPSA) is 64.0 Å². The first kappa shape index (κ1) is 18.1. The Balaban J connectivity index is 2.80. The number of hydrogen-bond donors (Lipinski definition) is 0. The highest BCUT2D eigenvalue weighted by atomic mass is 31.2. The van der Waals surface area contributed by atoms with Gasteiger partial charge < -0.3 is 18.5 Å². The van der Waals surface area contributed by atoms with Crippen LogP contribution in [0.25, 0.3) is 0 Å². The molecular formula is C15H29N2O4P. The Morgan fingerprint density at radius 2 is 2.09 bits per heavy atom. The van der Waals surface area contributed by atoms with E-state index in [0.29, 0.717) is 19.4 Å². The molecule has 0 N–H and O–H groups in total. The lowest BCUT2D eigenvalue weighted by Gasteiger charge is -2.37. The summed E-state index contributed by atoms with van der Waals surface area (Å²) >= 11 is 0. The molecule has 0 saturated carbocycles. The van der Waals surface area contributed by atoms with Crippen molar-refractivity contribution in [1.29, 1.82) is 5.26 Å². The predicted molar refractivity (Wildman–Crippen MR) is 86.0 cm³/mol. The lowest BCUT2D eigenvalue weighted by atomic mass is 10.2. The Kier molecular flexibility index (Phi) is 8.02. The fourth-order valence-electron chi connectivity index (χ4n) is 2.35. The first-order valence-electron chi connectivity index (χ1n) is 8.37. The maximum atomic E-state index is 8.73. The number of methoxy groups -OCH3 is 1. The van der Waals surface area contributed by atoms with Gasteiger partial charge in [-0.15, -0.1) is 0 Å². The highest BCUT2D eigenvalue weighted by Gasteiger charge is 2.38. The maximum absolute atomic E-state index is 8.73. The van der Waals surface area contributed by atoms with Gasteiger partial charge in [0.05, 0.1) is 31.3 Å². The van der Waals surface area contributed by atoms with Gasteiger partial charge in [0.15, 0.2) is 6.29 Å². The van der Waals surface area contributed by atoms with Gasteiger partial charge in [0.25, 0.3) is 8.53 Å². The summed E-state index contributed by atoms with van der Waals surface area (Å²) in [4.78, 5) is 0. The lowest BCUT2D eigenvalue weighted by Crippen LogP contribution is -2.35. The molecule has 1 saturated heterocycles. The highest BCUT2D eigenvalue weighted by Crippen LogP contribution is 2.49. The van der Waals surface area contributed by atoms with Gasteiger partial charge >= 0.3 is 0 Å². The molecule has 0 aromatic carbocycles. The van der Waals surface area contributed by atoms with E-state index in [9.17, 15) is 0 Å². The normalized spacial score (nSPS) is 27.4. The van der Waals surface area contributed by atoms with Crippen molar-refractivity contribution in [2.24, 2.45) is 0 Å². The Bertz CT molecular complexity index is 373. The summed E-state index contributed by atoms with van der Waals surface area (Å²) in [5.74, 6) is 0. The summed E-state index contributed by atoms with van der Waals surface area (Å²) in [6, 6.07) is 2.58. The number of hydrogen-bond acceptors (Lipinski definition) is 6. The van der Waals surface area contributed by atoms with Gasteiger partial charge in [-0.05, 0) is 34.6 Å². The van der Waals surface area contributed by atoms with Gasteiger partial charge in [-0.25, -0.2) is 4.67 Å². The second kappa shape index (κ2) is 9.77. The van der Waals surface area contributed by atoms with Crippen molar-refractivity contribution in [2.45, 2.75) is 78.0 Å². The molecule has 0 spiro atoms. The monoisotopic (exact) mass is 333 g/mol. The van der Waals surface area contributed by atoms with Gasteiger partial charge in [-0.3, -0.25) is 0 Å². The fraction of sp³-hybridized carbons (Fsp3) is 0.933. The van der Waals surface area contributed by atoms with Crippen molar-refractivity contribution in [3.63, 3.8) is 0 Å². The maximum Gasteiger partial charge on any atom is 0.259 e. The summed E-state index contributed by atoms with van der Waals surface area (Å²) in [5, 5.41) is 8.73. The second-order valence-corrected chi connectivity index (χ2v) is 7.17. The first-order chi connectivity index (χ1) is 10.9. The van der Waals surface area contributed by atoms with Crippen LogP contribution in [0, 0.1) is 11.3 Å². The Labute approximate surface area is 137 Å². The predicted octanol–water partition coefficient (Wildman–Crippen LogP) is 3.43. The molecule has 1 aliphatic rings. The van der Waals surface area contributed by atoms with E-state index in [2.05, 4.69) is 38.4 Å². The smallest absolute Gasteiger partial charge is 0.259 e. The molecular weight excluding hydrogens is 303 g/mol. The van der Waals surface area contributed by atoms with Crippen molar-refractivity contribution in [3.05, 3.63) is 0 Å². The SMILES string of the molecule is [2H]C[C@H]1OC(OC)C[C@@H]1OP(OCCC#N)N(C(C)C)C(C)C. The number of ether oxygens (including phenoxy) is 2. The molecule has 0 radical (unpaired) electrons. The number of nitrogens with zero attached hydrogens (tertiary/aromatic N) is 2. The lowest BCUT2D eigenvalue weighted by molar-refractivity contribution is -0.112. The van der Waals surface area contributed by atoms with Crippen LogP contribution in [0.3, 0.4) is 0 Å². The molecule has 0 amide bonds. The van der Waals surface area contributed by atoms with Crippen LogP contribution in [0.5, 0.6) is 0 Å². The van der Waals surface area contributed by atoms with E-state index in [-0.39, 0.29) is 37.5 Å². The summed E-state index contributed by atoms with van der Waals surface area (Å²) in [6.07, 6.45) is 0.0368. The molecule has 1 rings (SSSR count). The van der Waals surface area contributed by atoms with Gasteiger partial charge in [-0.1, -0.05) is 0 Å². The van der Waals surface area contributed by atoms with Gasteiger partial charge in [0, 0.05) is 27.0 Å². The zero-order chi connectivity index (χ0) is 17.4. The molecule has 6 nitrogen and oxygen atoms in total. The van der Waals surface area contributed by atoms with Crippen molar-refractivity contribution in [1.82, 2.24) is 4.67 Å². The van der Waals surface area contributed by atoms with E-state index in [1.54, 1.807) is 7.11 Å². The van der Waals surface area contributed by atoms with Crippen LogP contribution in [-0.2, 0) is 18.5 Å². The minimum atomic E-state index is -1.32. The van der Waals surface area contributed by atoms with Crippen molar-refractivity contribution >= 4 is 8.53 Å². The quantitative estimate of drug-likeness (QED) is 0.476. The van der Waals surface area contributed by atoms with E-state index < -0.39 is 8.53 Å². The molecule has 7 heteroatoms. The van der Waals surface area contributed by atoms with Crippen molar-refractivity contribution in [2.75, 3.05) is 13.7 Å². The van der Waals surface area contributed by atoms with Gasteiger partial charge in [0.1, 0.15) is 0 Å². The second-order valence-electron chi connectivity index (χ2n) is 5.77. The van der Waals surface area contributed by atoms with Crippen LogP contribution in [0.15, 0.2) is 0 Å². The average Bonchev–Trinajstić information content (AvgIpc) is 2.88. The third-order valence-corrected chi connectivity index (χ3v) is 5.47. The minimum absolute atomic E-state index is 0.120. The highest BCUT2D eigenvalue weighted by molar-refractivity contribution is 7.44. The van der Waals surface area contributed by atoms with Crippen LogP contribution in [0.2, 0.25) is 0 Å². The van der Waals surface area contributed by atoms with E-state index in [1.807, 2.05) is 0 Å². The molecule has 0 aromatic rings. The molecule has 22 heavy (non-hydrogen) atoms. The van der Waals surface area contributed by atoms with Crippen LogP contribution in [0.1, 0.15) is 48.8 Å². The molecule has 128 valence electrons. The van der Waals surface area contributed by atoms with Crippen molar-refractivity contribution < 1.29 is 19.9 Å². The van der Waals surface area contributed by atoms with Gasteiger partial charge in [0.2, 0.25) is 0 Å². The molecule has 1 fully saturated rings.